The molecule has 1 N–H and O–H groups in total. The molecule has 2 rings (SSSR count). The number of anilines is 1. The van der Waals surface area contributed by atoms with Crippen LogP contribution >= 0.6 is 15.9 Å². The van der Waals surface area contributed by atoms with Crippen molar-refractivity contribution in [3.05, 3.63) is 39.6 Å². The van der Waals surface area contributed by atoms with Gasteiger partial charge in [0.05, 0.1) is 10.0 Å². The first kappa shape index (κ1) is 14.8. The number of hydrogen-bond acceptors (Lipinski definition) is 4. The fraction of sp³-hybridized carbons (Fsp3) is 0.333. The Morgan fingerprint density at radius 2 is 2.00 bits per heavy atom. The average Bonchev–Trinajstić information content (AvgIpc) is 2.43. The molecule has 0 saturated carbocycles. The van der Waals surface area contributed by atoms with Gasteiger partial charge >= 0.3 is 0 Å². The van der Waals surface area contributed by atoms with Crippen molar-refractivity contribution in [1.29, 1.82) is 0 Å². The van der Waals surface area contributed by atoms with Crippen molar-refractivity contribution < 1.29 is 4.74 Å². The van der Waals surface area contributed by atoms with Crippen LogP contribution in [-0.4, -0.2) is 17.0 Å². The summed E-state index contributed by atoms with van der Waals surface area (Å²) in [5.74, 6) is 2.90. The zero-order valence-corrected chi connectivity index (χ0v) is 13.7. The molecule has 0 bridgehead atoms. The second-order valence-electron chi connectivity index (χ2n) is 4.56. The quantitative estimate of drug-likeness (QED) is 0.907. The van der Waals surface area contributed by atoms with Gasteiger partial charge in [0.2, 0.25) is 5.88 Å². The van der Waals surface area contributed by atoms with Crippen LogP contribution in [0.25, 0.3) is 0 Å². The van der Waals surface area contributed by atoms with Gasteiger partial charge in [-0.3, -0.25) is 0 Å². The Morgan fingerprint density at radius 1 is 1.25 bits per heavy atom. The molecule has 0 aliphatic rings. The average molecular weight is 336 g/mol. The van der Waals surface area contributed by atoms with E-state index in [1.54, 1.807) is 0 Å². The molecule has 0 amide bonds. The standard InChI is InChI=1S/C15H18BrN3O/c1-5-13-18-14(17-4)10(3)15(19-13)20-12-7-6-9(2)8-11(12)16/h6-8H,5H2,1-4H3,(H,17,18,19). The normalized spacial score (nSPS) is 10.4. The lowest BCUT2D eigenvalue weighted by molar-refractivity contribution is 0.452. The van der Waals surface area contributed by atoms with E-state index in [0.29, 0.717) is 5.88 Å². The lowest BCUT2D eigenvalue weighted by Crippen LogP contribution is -2.04. The van der Waals surface area contributed by atoms with E-state index in [4.69, 9.17) is 4.74 Å². The van der Waals surface area contributed by atoms with Crippen molar-refractivity contribution in [2.24, 2.45) is 0 Å². The van der Waals surface area contributed by atoms with Crippen LogP contribution < -0.4 is 10.1 Å². The van der Waals surface area contributed by atoms with Gasteiger partial charge in [-0.1, -0.05) is 13.0 Å². The van der Waals surface area contributed by atoms with Gasteiger partial charge in [0, 0.05) is 13.5 Å². The summed E-state index contributed by atoms with van der Waals surface area (Å²) in [5.41, 5.74) is 2.07. The Kier molecular flexibility index (Phi) is 4.60. The minimum absolute atomic E-state index is 0.589. The van der Waals surface area contributed by atoms with Gasteiger partial charge in [0.25, 0.3) is 0 Å². The molecule has 0 unspecified atom stereocenters. The summed E-state index contributed by atoms with van der Waals surface area (Å²) in [5, 5.41) is 3.08. The molecule has 0 aliphatic heterocycles. The van der Waals surface area contributed by atoms with E-state index in [-0.39, 0.29) is 0 Å². The zero-order chi connectivity index (χ0) is 14.7. The van der Waals surface area contributed by atoms with Crippen molar-refractivity contribution in [2.75, 3.05) is 12.4 Å². The van der Waals surface area contributed by atoms with E-state index in [9.17, 15) is 0 Å². The Morgan fingerprint density at radius 3 is 2.60 bits per heavy atom. The highest BCUT2D eigenvalue weighted by Gasteiger charge is 2.12. The van der Waals surface area contributed by atoms with Gasteiger partial charge in [-0.2, -0.15) is 4.98 Å². The first-order valence-electron chi connectivity index (χ1n) is 6.54. The van der Waals surface area contributed by atoms with Crippen LogP contribution in [0.4, 0.5) is 5.82 Å². The van der Waals surface area contributed by atoms with Crippen LogP contribution in [0.2, 0.25) is 0 Å². The molecule has 106 valence electrons. The fourth-order valence-electron chi connectivity index (χ4n) is 1.83. The van der Waals surface area contributed by atoms with Crippen molar-refractivity contribution >= 4 is 21.7 Å². The molecule has 1 aromatic carbocycles. The lowest BCUT2D eigenvalue weighted by Gasteiger charge is -2.13. The minimum Gasteiger partial charge on any atom is -0.437 e. The van der Waals surface area contributed by atoms with E-state index in [1.807, 2.05) is 46.0 Å². The molecule has 5 heteroatoms. The molecule has 0 aliphatic carbocycles. The van der Waals surface area contributed by atoms with Crippen LogP contribution in [0.1, 0.15) is 23.9 Å². The number of nitrogens with one attached hydrogen (secondary N) is 1. The van der Waals surface area contributed by atoms with E-state index in [2.05, 4.69) is 31.2 Å². The summed E-state index contributed by atoms with van der Waals surface area (Å²) >= 11 is 3.52. The van der Waals surface area contributed by atoms with Crippen LogP contribution in [0.5, 0.6) is 11.6 Å². The lowest BCUT2D eigenvalue weighted by atomic mass is 10.2. The van der Waals surface area contributed by atoms with Crippen molar-refractivity contribution in [3.8, 4) is 11.6 Å². The number of rotatable bonds is 4. The Balaban J connectivity index is 2.42. The van der Waals surface area contributed by atoms with E-state index < -0.39 is 0 Å². The van der Waals surface area contributed by atoms with Crippen molar-refractivity contribution in [1.82, 2.24) is 9.97 Å². The summed E-state index contributed by atoms with van der Waals surface area (Å²) in [4.78, 5) is 8.90. The molecular weight excluding hydrogens is 318 g/mol. The van der Waals surface area contributed by atoms with Crippen LogP contribution in [0.3, 0.4) is 0 Å². The number of benzene rings is 1. The number of ether oxygens (including phenoxy) is 1. The predicted molar refractivity (Wildman–Crippen MR) is 84.6 cm³/mol. The number of aromatic nitrogens is 2. The molecule has 4 nitrogen and oxygen atoms in total. The van der Waals surface area contributed by atoms with E-state index >= 15 is 0 Å². The molecule has 0 atom stereocenters. The number of nitrogens with zero attached hydrogens (tertiary/aromatic N) is 2. The first-order chi connectivity index (χ1) is 9.55. The highest BCUT2D eigenvalue weighted by atomic mass is 79.9. The topological polar surface area (TPSA) is 47.0 Å². The Hall–Kier alpha value is -1.62. The fourth-order valence-corrected chi connectivity index (χ4v) is 2.41. The van der Waals surface area contributed by atoms with Crippen LogP contribution in [0, 0.1) is 13.8 Å². The second-order valence-corrected chi connectivity index (χ2v) is 5.41. The van der Waals surface area contributed by atoms with E-state index in [1.165, 1.54) is 5.56 Å². The number of aryl methyl sites for hydroxylation is 2. The molecule has 20 heavy (non-hydrogen) atoms. The van der Waals surface area contributed by atoms with Crippen LogP contribution in [0.15, 0.2) is 22.7 Å². The number of hydrogen-bond donors (Lipinski definition) is 1. The summed E-state index contributed by atoms with van der Waals surface area (Å²) in [6, 6.07) is 5.97. The molecule has 1 heterocycles. The maximum atomic E-state index is 5.94. The van der Waals surface area contributed by atoms with Crippen LogP contribution in [-0.2, 0) is 6.42 Å². The zero-order valence-electron chi connectivity index (χ0n) is 12.1. The molecular formula is C15H18BrN3O. The highest BCUT2D eigenvalue weighted by molar-refractivity contribution is 9.10. The molecule has 1 aromatic heterocycles. The largest absolute Gasteiger partial charge is 0.437 e. The molecule has 0 radical (unpaired) electrons. The third-order valence-electron chi connectivity index (χ3n) is 2.99. The highest BCUT2D eigenvalue weighted by Crippen LogP contribution is 2.32. The third-order valence-corrected chi connectivity index (χ3v) is 3.61. The van der Waals surface area contributed by atoms with Gasteiger partial charge in [-0.05, 0) is 47.5 Å². The first-order valence-corrected chi connectivity index (χ1v) is 7.33. The minimum atomic E-state index is 0.589. The van der Waals surface area contributed by atoms with Gasteiger partial charge in [0.15, 0.2) is 0 Å². The third kappa shape index (κ3) is 3.10. The van der Waals surface area contributed by atoms with Gasteiger partial charge < -0.3 is 10.1 Å². The maximum absolute atomic E-state index is 5.94. The van der Waals surface area contributed by atoms with Gasteiger partial charge in [-0.25, -0.2) is 4.98 Å². The molecule has 0 spiro atoms. The molecule has 0 fully saturated rings. The molecule has 0 saturated heterocycles. The predicted octanol–water partition coefficient (Wildman–Crippen LogP) is 4.25. The smallest absolute Gasteiger partial charge is 0.227 e. The summed E-state index contributed by atoms with van der Waals surface area (Å²) in [7, 11) is 1.85. The van der Waals surface area contributed by atoms with Crippen molar-refractivity contribution in [2.45, 2.75) is 27.2 Å². The summed E-state index contributed by atoms with van der Waals surface area (Å²) in [6.45, 7) is 6.01. The van der Waals surface area contributed by atoms with Gasteiger partial charge in [-0.15, -0.1) is 0 Å². The molecule has 2 aromatic rings. The Labute approximate surface area is 127 Å². The Bertz CT molecular complexity index is 629. The SMILES string of the molecule is CCc1nc(NC)c(C)c(Oc2ccc(C)cc2Br)n1. The summed E-state index contributed by atoms with van der Waals surface area (Å²) in [6.07, 6.45) is 0.764. The van der Waals surface area contributed by atoms with Gasteiger partial charge in [0.1, 0.15) is 17.4 Å². The summed E-state index contributed by atoms with van der Waals surface area (Å²) < 4.78 is 6.86. The van der Waals surface area contributed by atoms with Crippen molar-refractivity contribution in [3.63, 3.8) is 0 Å². The number of halogens is 1. The monoisotopic (exact) mass is 335 g/mol. The second kappa shape index (κ2) is 6.22. The maximum Gasteiger partial charge on any atom is 0.227 e. The van der Waals surface area contributed by atoms with E-state index in [0.717, 1.165) is 33.8 Å².